The highest BCUT2D eigenvalue weighted by Crippen LogP contribution is 2.41. The monoisotopic (exact) mass is 430 g/mol. The van der Waals surface area contributed by atoms with Crippen molar-refractivity contribution in [3.63, 3.8) is 0 Å². The Balaban J connectivity index is 1.68. The summed E-state index contributed by atoms with van der Waals surface area (Å²) in [6, 6.07) is 6.45. The van der Waals surface area contributed by atoms with Gasteiger partial charge in [0.25, 0.3) is 0 Å². The lowest BCUT2D eigenvalue weighted by Gasteiger charge is -2.30. The maximum absolute atomic E-state index is 9.42. The van der Waals surface area contributed by atoms with E-state index in [1.165, 1.54) is 5.56 Å². The Labute approximate surface area is 186 Å². The minimum atomic E-state index is 0.441. The van der Waals surface area contributed by atoms with Crippen molar-refractivity contribution in [2.24, 2.45) is 0 Å². The molecule has 8 heteroatoms. The molecule has 1 fully saturated rings. The van der Waals surface area contributed by atoms with Gasteiger partial charge in [0.15, 0.2) is 5.75 Å². The average molecular weight is 431 g/mol. The summed E-state index contributed by atoms with van der Waals surface area (Å²) in [5.41, 5.74) is 4.93. The number of piperidine rings is 1. The fourth-order valence-corrected chi connectivity index (χ4v) is 4.66. The first-order valence-electron chi connectivity index (χ1n) is 10.9. The molecule has 0 atom stereocenters. The number of nitrogens with one attached hydrogen (secondary N) is 2. The van der Waals surface area contributed by atoms with E-state index in [1.807, 2.05) is 6.92 Å². The first-order chi connectivity index (χ1) is 15.6. The summed E-state index contributed by atoms with van der Waals surface area (Å²) in [7, 11) is 3.75. The van der Waals surface area contributed by atoms with Gasteiger partial charge in [-0.3, -0.25) is 0 Å². The largest absolute Gasteiger partial charge is 0.491 e. The van der Waals surface area contributed by atoms with Gasteiger partial charge in [-0.05, 0) is 57.5 Å². The Morgan fingerprint density at radius 2 is 2.09 bits per heavy atom. The van der Waals surface area contributed by atoms with Crippen LogP contribution >= 0.6 is 0 Å². The molecule has 2 N–H and O–H groups in total. The Hall–Kier alpha value is -3.57. The number of fused-ring (bicyclic) bond motifs is 2. The molecule has 32 heavy (non-hydrogen) atoms. The van der Waals surface area contributed by atoms with E-state index in [4.69, 9.17) is 14.5 Å². The topological polar surface area (TPSA) is 103 Å². The van der Waals surface area contributed by atoms with Gasteiger partial charge >= 0.3 is 0 Å². The molecule has 0 bridgehead atoms. The molecular weight excluding hydrogens is 404 g/mol. The van der Waals surface area contributed by atoms with Crippen LogP contribution in [-0.4, -0.2) is 58.7 Å². The molecule has 0 unspecified atom stereocenters. The third kappa shape index (κ3) is 3.26. The van der Waals surface area contributed by atoms with Gasteiger partial charge in [-0.25, -0.2) is 9.97 Å². The van der Waals surface area contributed by atoms with Gasteiger partial charge in [-0.15, -0.1) is 0 Å². The predicted octanol–water partition coefficient (Wildman–Crippen LogP) is 4.19. The van der Waals surface area contributed by atoms with Crippen LogP contribution < -0.4 is 9.47 Å². The van der Waals surface area contributed by atoms with E-state index in [0.29, 0.717) is 35.4 Å². The third-order valence-corrected chi connectivity index (χ3v) is 6.33. The van der Waals surface area contributed by atoms with E-state index in [-0.39, 0.29) is 0 Å². The van der Waals surface area contributed by atoms with Crippen LogP contribution in [0.1, 0.15) is 36.8 Å². The molecule has 0 radical (unpaired) electrons. The number of ether oxygens (including phenoxy) is 2. The van der Waals surface area contributed by atoms with Crippen LogP contribution in [0.25, 0.3) is 33.3 Å². The number of imidazole rings is 1. The maximum atomic E-state index is 9.42. The highest BCUT2D eigenvalue weighted by molar-refractivity contribution is 5.99. The molecule has 1 aliphatic heterocycles. The van der Waals surface area contributed by atoms with E-state index in [1.54, 1.807) is 19.5 Å². The summed E-state index contributed by atoms with van der Waals surface area (Å²) < 4.78 is 11.7. The van der Waals surface area contributed by atoms with Crippen molar-refractivity contribution < 1.29 is 9.47 Å². The van der Waals surface area contributed by atoms with Crippen molar-refractivity contribution in [3.8, 4) is 29.1 Å². The first kappa shape index (κ1) is 20.3. The number of nitrogens with zero attached hydrogens (tertiary/aromatic N) is 4. The van der Waals surface area contributed by atoms with Gasteiger partial charge in [0.2, 0.25) is 5.88 Å². The van der Waals surface area contributed by atoms with Crippen molar-refractivity contribution >= 4 is 21.9 Å². The Kier molecular flexibility index (Phi) is 5.19. The quantitative estimate of drug-likeness (QED) is 0.492. The predicted molar refractivity (Wildman–Crippen MR) is 123 cm³/mol. The van der Waals surface area contributed by atoms with Gasteiger partial charge in [-0.2, -0.15) is 5.26 Å². The van der Waals surface area contributed by atoms with Gasteiger partial charge in [0.1, 0.15) is 23.0 Å². The summed E-state index contributed by atoms with van der Waals surface area (Å²) in [5, 5.41) is 10.2. The van der Waals surface area contributed by atoms with Gasteiger partial charge < -0.3 is 24.3 Å². The number of methoxy groups -OCH3 is 1. The highest BCUT2D eigenvalue weighted by Gasteiger charge is 2.25. The highest BCUT2D eigenvalue weighted by atomic mass is 16.5. The van der Waals surface area contributed by atoms with E-state index in [9.17, 15) is 5.26 Å². The molecule has 4 aromatic rings. The van der Waals surface area contributed by atoms with Gasteiger partial charge in [-0.1, -0.05) is 6.07 Å². The number of benzene rings is 1. The Bertz CT molecular complexity index is 1320. The summed E-state index contributed by atoms with van der Waals surface area (Å²) in [6.07, 6.45) is 5.55. The van der Waals surface area contributed by atoms with E-state index >= 15 is 0 Å². The summed E-state index contributed by atoms with van der Waals surface area (Å²) in [4.78, 5) is 18.4. The first-order valence-corrected chi connectivity index (χ1v) is 10.9. The lowest BCUT2D eigenvalue weighted by Crippen LogP contribution is -2.29. The number of aromatic nitrogens is 4. The van der Waals surface area contributed by atoms with Crippen molar-refractivity contribution in [2.45, 2.75) is 25.7 Å². The Morgan fingerprint density at radius 1 is 1.28 bits per heavy atom. The molecule has 0 amide bonds. The van der Waals surface area contributed by atoms with Crippen LogP contribution in [0, 0.1) is 11.3 Å². The molecule has 0 saturated carbocycles. The number of likely N-dealkylation sites (tertiary alicyclic amines) is 1. The van der Waals surface area contributed by atoms with Gasteiger partial charge in [0.05, 0.1) is 30.3 Å². The van der Waals surface area contributed by atoms with Gasteiger partial charge in [0, 0.05) is 17.8 Å². The van der Waals surface area contributed by atoms with Crippen molar-refractivity contribution in [2.75, 3.05) is 33.9 Å². The van der Waals surface area contributed by atoms with Crippen LogP contribution in [-0.2, 0) is 0 Å². The molecule has 8 nitrogen and oxygen atoms in total. The van der Waals surface area contributed by atoms with Crippen LogP contribution in [0.5, 0.6) is 11.6 Å². The number of hydrogen-bond donors (Lipinski definition) is 2. The van der Waals surface area contributed by atoms with Crippen LogP contribution in [0.4, 0.5) is 0 Å². The normalized spacial score (nSPS) is 15.3. The minimum absolute atomic E-state index is 0.441. The number of aromatic amines is 2. The van der Waals surface area contributed by atoms with Crippen LogP contribution in [0.2, 0.25) is 0 Å². The Morgan fingerprint density at radius 3 is 2.81 bits per heavy atom. The van der Waals surface area contributed by atoms with E-state index in [2.05, 4.69) is 45.1 Å². The minimum Gasteiger partial charge on any atom is -0.491 e. The average Bonchev–Trinajstić information content (AvgIpc) is 3.43. The molecule has 164 valence electrons. The molecule has 3 aromatic heterocycles. The van der Waals surface area contributed by atoms with Crippen molar-refractivity contribution in [3.05, 3.63) is 35.7 Å². The summed E-state index contributed by atoms with van der Waals surface area (Å²) in [5.74, 6) is 2.38. The smallest absolute Gasteiger partial charge is 0.226 e. The lowest BCUT2D eigenvalue weighted by molar-refractivity contribution is 0.251. The molecule has 4 heterocycles. The second-order valence-corrected chi connectivity index (χ2v) is 8.22. The van der Waals surface area contributed by atoms with Crippen LogP contribution in [0.15, 0.2) is 24.5 Å². The molecule has 1 aromatic carbocycles. The van der Waals surface area contributed by atoms with Crippen LogP contribution in [0.3, 0.4) is 0 Å². The molecule has 1 aliphatic rings. The molecule has 0 aliphatic carbocycles. The zero-order valence-electron chi connectivity index (χ0n) is 18.5. The standard InChI is InChI=1S/C24H26N6O2/c1-4-32-22-16(14-7-9-30(2)10-8-14)5-6-18-21(22)29-23(28-18)19-20-17(13-27-24(19)31-3)15(11-25)12-26-20/h5-6,12-14,26H,4,7-10H2,1-3H3,(H,28,29). The SMILES string of the molecule is CCOc1c(C2CCN(C)CC2)ccc2[nH]c(-c3c(OC)ncc4c(C#N)c[nH]c34)nc12. The second-order valence-electron chi connectivity index (χ2n) is 8.22. The third-order valence-electron chi connectivity index (χ3n) is 6.33. The summed E-state index contributed by atoms with van der Waals surface area (Å²) >= 11 is 0. The van der Waals surface area contributed by atoms with E-state index in [0.717, 1.165) is 53.6 Å². The molecular formula is C24H26N6O2. The number of H-pyrrole nitrogens is 2. The zero-order chi connectivity index (χ0) is 22.2. The number of nitriles is 1. The lowest BCUT2D eigenvalue weighted by atomic mass is 9.88. The number of rotatable bonds is 5. The maximum Gasteiger partial charge on any atom is 0.226 e. The second kappa shape index (κ2) is 8.17. The number of pyridine rings is 1. The zero-order valence-corrected chi connectivity index (χ0v) is 18.5. The number of hydrogen-bond acceptors (Lipinski definition) is 6. The fraction of sp³-hybridized carbons (Fsp3) is 0.375. The van der Waals surface area contributed by atoms with Crippen molar-refractivity contribution in [1.82, 2.24) is 24.8 Å². The molecule has 0 spiro atoms. The fourth-order valence-electron chi connectivity index (χ4n) is 4.66. The van der Waals surface area contributed by atoms with Crippen molar-refractivity contribution in [1.29, 1.82) is 5.26 Å². The molecule has 1 saturated heterocycles. The molecule has 5 rings (SSSR count). The van der Waals surface area contributed by atoms with E-state index < -0.39 is 0 Å². The summed E-state index contributed by atoms with van der Waals surface area (Å²) in [6.45, 7) is 4.74.